The fourth-order valence-corrected chi connectivity index (χ4v) is 4.62. The van der Waals surface area contributed by atoms with Crippen molar-refractivity contribution in [3.63, 3.8) is 0 Å². The predicted molar refractivity (Wildman–Crippen MR) is 123 cm³/mol. The van der Waals surface area contributed by atoms with Crippen LogP contribution in [0.5, 0.6) is 0 Å². The Kier molecular flexibility index (Phi) is 5.35. The van der Waals surface area contributed by atoms with Crippen LogP contribution >= 0.6 is 0 Å². The van der Waals surface area contributed by atoms with Gasteiger partial charge in [-0.2, -0.15) is 0 Å². The highest BCUT2D eigenvalue weighted by Crippen LogP contribution is 2.32. The summed E-state index contributed by atoms with van der Waals surface area (Å²) >= 11 is 0. The molecule has 3 aromatic rings. The van der Waals surface area contributed by atoms with Crippen molar-refractivity contribution in [1.82, 2.24) is 29.0 Å². The number of piperazine rings is 1. The number of aryl methyl sites for hydroxylation is 2. The molecule has 2 aliphatic heterocycles. The van der Waals surface area contributed by atoms with Crippen LogP contribution in [0.15, 0.2) is 35.4 Å². The molecule has 3 aromatic heterocycles. The molecule has 1 saturated heterocycles. The van der Waals surface area contributed by atoms with Crippen molar-refractivity contribution in [2.24, 2.45) is 0 Å². The second kappa shape index (κ2) is 8.34. The molecule has 2 aliphatic rings. The first-order chi connectivity index (χ1) is 16.0. The molecule has 5 rings (SSSR count). The van der Waals surface area contributed by atoms with Gasteiger partial charge in [0.05, 0.1) is 5.56 Å². The maximum absolute atomic E-state index is 13.0. The van der Waals surface area contributed by atoms with Gasteiger partial charge in [0.15, 0.2) is 5.65 Å². The van der Waals surface area contributed by atoms with Gasteiger partial charge in [0.1, 0.15) is 5.82 Å². The zero-order valence-electron chi connectivity index (χ0n) is 18.9. The van der Waals surface area contributed by atoms with E-state index < -0.39 is 0 Å². The van der Waals surface area contributed by atoms with E-state index >= 15 is 0 Å². The van der Waals surface area contributed by atoms with Crippen molar-refractivity contribution in [2.75, 3.05) is 37.6 Å². The Bertz CT molecular complexity index is 1290. The molecule has 1 fully saturated rings. The van der Waals surface area contributed by atoms with Crippen LogP contribution in [0, 0.1) is 0 Å². The van der Waals surface area contributed by atoms with E-state index in [9.17, 15) is 14.4 Å². The molecule has 0 atom stereocenters. The van der Waals surface area contributed by atoms with Crippen molar-refractivity contribution >= 4 is 29.0 Å². The second-order valence-electron chi connectivity index (χ2n) is 8.47. The number of carbonyl (C=O) groups is 2. The number of nitrogens with zero attached hydrogens (tertiary/aromatic N) is 7. The van der Waals surface area contributed by atoms with Crippen LogP contribution in [0.4, 0.5) is 11.5 Å². The summed E-state index contributed by atoms with van der Waals surface area (Å²) in [6.07, 6.45) is 5.18. The Morgan fingerprint density at radius 3 is 2.55 bits per heavy atom. The lowest BCUT2D eigenvalue weighted by molar-refractivity contribution is -0.130. The van der Waals surface area contributed by atoms with E-state index in [1.807, 2.05) is 25.1 Å². The number of hydrogen-bond donors (Lipinski definition) is 0. The first kappa shape index (κ1) is 21.2. The lowest BCUT2D eigenvalue weighted by atomic mass is 10.0. The Hall–Kier alpha value is -3.69. The average Bonchev–Trinajstić information content (AvgIpc) is 3.17. The third kappa shape index (κ3) is 3.75. The summed E-state index contributed by atoms with van der Waals surface area (Å²) < 4.78 is 2.98. The smallest absolute Gasteiger partial charge is 0.339 e. The van der Waals surface area contributed by atoms with Crippen LogP contribution in [0.2, 0.25) is 0 Å². The molecule has 0 aliphatic carbocycles. The van der Waals surface area contributed by atoms with Gasteiger partial charge in [0, 0.05) is 70.3 Å². The monoisotopic (exact) mass is 449 g/mol. The van der Waals surface area contributed by atoms with Gasteiger partial charge in [0.2, 0.25) is 5.91 Å². The third-order valence-electron chi connectivity index (χ3n) is 6.46. The summed E-state index contributed by atoms with van der Waals surface area (Å²) in [6.45, 7) is 6.96. The molecule has 0 radical (unpaired) electrons. The molecule has 0 bridgehead atoms. The van der Waals surface area contributed by atoms with Crippen LogP contribution in [-0.4, -0.2) is 73.5 Å². The highest BCUT2D eigenvalue weighted by atomic mass is 16.2. The fraction of sp³-hybridized carbons (Fsp3) is 0.435. The van der Waals surface area contributed by atoms with Gasteiger partial charge in [-0.25, -0.2) is 14.5 Å². The Morgan fingerprint density at radius 1 is 1.06 bits per heavy atom. The molecule has 33 heavy (non-hydrogen) atoms. The fourth-order valence-electron chi connectivity index (χ4n) is 4.62. The van der Waals surface area contributed by atoms with E-state index in [0.29, 0.717) is 43.9 Å². The van der Waals surface area contributed by atoms with E-state index in [1.165, 1.54) is 4.68 Å². The number of pyridine rings is 2. The number of rotatable bonds is 3. The summed E-state index contributed by atoms with van der Waals surface area (Å²) in [6, 6.07) is 5.75. The van der Waals surface area contributed by atoms with Crippen LogP contribution in [0.3, 0.4) is 0 Å². The van der Waals surface area contributed by atoms with E-state index in [-0.39, 0.29) is 17.5 Å². The lowest BCUT2D eigenvalue weighted by Crippen LogP contribution is -2.50. The molecule has 5 heterocycles. The SMILES string of the molecule is CCn1nc2cc(N3CCCc4cc(C(=O)N5CCN(C(C)=O)CC5)cnc43)ccn2c1=O. The Morgan fingerprint density at radius 2 is 1.82 bits per heavy atom. The largest absolute Gasteiger partial charge is 0.350 e. The van der Waals surface area contributed by atoms with Gasteiger partial charge >= 0.3 is 5.69 Å². The highest BCUT2D eigenvalue weighted by Gasteiger charge is 2.26. The molecule has 0 spiro atoms. The van der Waals surface area contributed by atoms with Crippen LogP contribution in [0.1, 0.15) is 36.2 Å². The van der Waals surface area contributed by atoms with Gasteiger partial charge in [-0.15, -0.1) is 5.10 Å². The molecule has 0 saturated carbocycles. The van der Waals surface area contributed by atoms with E-state index in [2.05, 4.69) is 15.0 Å². The quantitative estimate of drug-likeness (QED) is 0.598. The van der Waals surface area contributed by atoms with Gasteiger partial charge < -0.3 is 14.7 Å². The van der Waals surface area contributed by atoms with Gasteiger partial charge in [-0.05, 0) is 37.5 Å². The standard InChI is InChI=1S/C23H27N7O3/c1-3-30-23(33)29-8-6-19(14-20(29)25-30)28-7-4-5-17-13-18(15-24-21(17)28)22(32)27-11-9-26(10-12-27)16(2)31/h6,8,13-15H,3-5,7,9-12H2,1-2H3. The van der Waals surface area contributed by atoms with Crippen molar-refractivity contribution in [1.29, 1.82) is 0 Å². The minimum Gasteiger partial charge on any atom is -0.339 e. The first-order valence-electron chi connectivity index (χ1n) is 11.4. The lowest BCUT2D eigenvalue weighted by Gasteiger charge is -2.34. The summed E-state index contributed by atoms with van der Waals surface area (Å²) in [5.41, 5.74) is 2.98. The number of amides is 2. The molecule has 2 amide bonds. The van der Waals surface area contributed by atoms with E-state index in [1.54, 1.807) is 33.5 Å². The normalized spacial score (nSPS) is 16.2. The summed E-state index contributed by atoms with van der Waals surface area (Å²) in [5.74, 6) is 0.833. The number of hydrogen-bond acceptors (Lipinski definition) is 6. The number of anilines is 2. The molecule has 10 heteroatoms. The molecular formula is C23H27N7O3. The summed E-state index contributed by atoms with van der Waals surface area (Å²) in [5, 5.41) is 4.39. The summed E-state index contributed by atoms with van der Waals surface area (Å²) in [4.78, 5) is 47.3. The predicted octanol–water partition coefficient (Wildman–Crippen LogP) is 1.30. The minimum atomic E-state index is -0.150. The molecule has 172 valence electrons. The van der Waals surface area contributed by atoms with Gasteiger partial charge in [0.25, 0.3) is 5.91 Å². The van der Waals surface area contributed by atoms with Crippen LogP contribution in [0.25, 0.3) is 5.65 Å². The number of fused-ring (bicyclic) bond motifs is 2. The average molecular weight is 450 g/mol. The number of aromatic nitrogens is 4. The highest BCUT2D eigenvalue weighted by molar-refractivity contribution is 5.94. The maximum atomic E-state index is 13.0. The second-order valence-corrected chi connectivity index (χ2v) is 8.47. The van der Waals surface area contributed by atoms with Gasteiger partial charge in [-0.1, -0.05) is 0 Å². The van der Waals surface area contributed by atoms with E-state index in [0.717, 1.165) is 36.5 Å². The molecular weight excluding hydrogens is 422 g/mol. The molecule has 0 N–H and O–H groups in total. The van der Waals surface area contributed by atoms with E-state index in [4.69, 9.17) is 0 Å². The van der Waals surface area contributed by atoms with Crippen molar-refractivity contribution in [3.05, 3.63) is 52.2 Å². The molecule has 0 aromatic carbocycles. The van der Waals surface area contributed by atoms with Gasteiger partial charge in [-0.3, -0.25) is 14.0 Å². The minimum absolute atomic E-state index is 0.0437. The zero-order chi connectivity index (χ0) is 23.1. The van der Waals surface area contributed by atoms with Crippen LogP contribution in [-0.2, 0) is 17.8 Å². The molecule has 0 unspecified atom stereocenters. The topological polar surface area (TPSA) is 96.1 Å². The van der Waals surface area contributed by atoms with Crippen molar-refractivity contribution < 1.29 is 9.59 Å². The summed E-state index contributed by atoms with van der Waals surface area (Å²) in [7, 11) is 0. The van der Waals surface area contributed by atoms with Crippen LogP contribution < -0.4 is 10.6 Å². The number of carbonyl (C=O) groups excluding carboxylic acids is 2. The maximum Gasteiger partial charge on any atom is 0.350 e. The Balaban J connectivity index is 1.40. The van der Waals surface area contributed by atoms with Crippen molar-refractivity contribution in [3.8, 4) is 0 Å². The Labute approximate surface area is 191 Å². The van der Waals surface area contributed by atoms with Crippen molar-refractivity contribution in [2.45, 2.75) is 33.2 Å². The zero-order valence-corrected chi connectivity index (χ0v) is 18.9. The first-order valence-corrected chi connectivity index (χ1v) is 11.4. The third-order valence-corrected chi connectivity index (χ3v) is 6.46. The molecule has 10 nitrogen and oxygen atoms in total.